The van der Waals surface area contributed by atoms with Gasteiger partial charge in [0.15, 0.2) is 11.6 Å². The molecule has 0 bridgehead atoms. The van der Waals surface area contributed by atoms with Crippen LogP contribution >= 0.6 is 0 Å². The number of aryl methyl sites for hydroxylation is 1. The number of halogens is 1. The largest absolute Gasteiger partial charge is 0.478 e. The molecule has 0 unspecified atom stereocenters. The van der Waals surface area contributed by atoms with Crippen molar-refractivity contribution >= 4 is 5.97 Å². The first-order valence-corrected chi connectivity index (χ1v) is 5.34. The van der Waals surface area contributed by atoms with Crippen LogP contribution in [0.4, 0.5) is 4.39 Å². The summed E-state index contributed by atoms with van der Waals surface area (Å²) < 4.78 is 15.4. The molecule has 5 nitrogen and oxygen atoms in total. The number of rotatable bonds is 2. The highest BCUT2D eigenvalue weighted by molar-refractivity contribution is 5.88. The Labute approximate surface area is 103 Å². The van der Waals surface area contributed by atoms with Gasteiger partial charge in [0, 0.05) is 11.9 Å². The summed E-state index contributed by atoms with van der Waals surface area (Å²) in [5.74, 6) is -2.30. The molecule has 6 heteroatoms. The average Bonchev–Trinajstić information content (AvgIpc) is 2.57. The van der Waals surface area contributed by atoms with Gasteiger partial charge in [0.25, 0.3) is 0 Å². The molecule has 0 aliphatic rings. The van der Waals surface area contributed by atoms with Gasteiger partial charge in [-0.1, -0.05) is 0 Å². The Morgan fingerprint density at radius 3 is 2.56 bits per heavy atom. The number of pyridine rings is 1. The van der Waals surface area contributed by atoms with Crippen molar-refractivity contribution < 1.29 is 14.3 Å². The first kappa shape index (κ1) is 12.2. The third-order valence-corrected chi connectivity index (χ3v) is 2.95. The summed E-state index contributed by atoms with van der Waals surface area (Å²) >= 11 is 0. The SMILES string of the molecule is Cc1nn(-c2nccc(C(=O)O)c2F)c(C)c1C. The summed E-state index contributed by atoms with van der Waals surface area (Å²) in [5, 5.41) is 13.0. The molecule has 2 heterocycles. The molecule has 0 spiro atoms. The Bertz CT molecular complexity index is 634. The van der Waals surface area contributed by atoms with Gasteiger partial charge >= 0.3 is 5.97 Å². The number of carbonyl (C=O) groups is 1. The number of hydrogen-bond acceptors (Lipinski definition) is 3. The highest BCUT2D eigenvalue weighted by Crippen LogP contribution is 2.19. The topological polar surface area (TPSA) is 68.0 Å². The maximum absolute atomic E-state index is 14.0. The predicted molar refractivity (Wildman–Crippen MR) is 62.5 cm³/mol. The molecule has 2 aromatic heterocycles. The van der Waals surface area contributed by atoms with Gasteiger partial charge in [-0.05, 0) is 32.4 Å². The van der Waals surface area contributed by atoms with Crippen LogP contribution in [0, 0.1) is 26.6 Å². The van der Waals surface area contributed by atoms with E-state index in [1.807, 2.05) is 6.92 Å². The third-order valence-electron chi connectivity index (χ3n) is 2.95. The fraction of sp³-hybridized carbons (Fsp3) is 0.250. The van der Waals surface area contributed by atoms with Crippen molar-refractivity contribution in [1.82, 2.24) is 14.8 Å². The van der Waals surface area contributed by atoms with Crippen molar-refractivity contribution in [3.63, 3.8) is 0 Å². The summed E-state index contributed by atoms with van der Waals surface area (Å²) in [6.45, 7) is 5.45. The van der Waals surface area contributed by atoms with Crippen LogP contribution in [0.5, 0.6) is 0 Å². The minimum atomic E-state index is -1.32. The van der Waals surface area contributed by atoms with E-state index in [4.69, 9.17) is 5.11 Å². The predicted octanol–water partition coefficient (Wildman–Crippen LogP) is 2.03. The summed E-state index contributed by atoms with van der Waals surface area (Å²) in [4.78, 5) is 14.7. The quantitative estimate of drug-likeness (QED) is 0.884. The van der Waals surface area contributed by atoms with E-state index < -0.39 is 17.3 Å². The van der Waals surface area contributed by atoms with E-state index >= 15 is 0 Å². The van der Waals surface area contributed by atoms with Crippen LogP contribution in [0.15, 0.2) is 12.3 Å². The molecule has 2 aromatic rings. The van der Waals surface area contributed by atoms with Crippen LogP contribution in [-0.2, 0) is 0 Å². The molecule has 0 aromatic carbocycles. The van der Waals surface area contributed by atoms with Crippen molar-refractivity contribution in [2.75, 3.05) is 0 Å². The van der Waals surface area contributed by atoms with Crippen LogP contribution in [0.3, 0.4) is 0 Å². The molecule has 0 saturated carbocycles. The minimum Gasteiger partial charge on any atom is -0.478 e. The van der Waals surface area contributed by atoms with Gasteiger partial charge in [0.1, 0.15) is 5.56 Å². The Balaban J connectivity index is 2.68. The number of carboxylic acids is 1. The molecule has 0 atom stereocenters. The third kappa shape index (κ3) is 1.75. The monoisotopic (exact) mass is 249 g/mol. The van der Waals surface area contributed by atoms with E-state index in [9.17, 15) is 9.18 Å². The first-order chi connectivity index (χ1) is 8.43. The van der Waals surface area contributed by atoms with E-state index in [2.05, 4.69) is 10.1 Å². The number of aromatic carboxylic acids is 1. The van der Waals surface area contributed by atoms with Crippen molar-refractivity contribution in [3.05, 3.63) is 40.6 Å². The Hall–Kier alpha value is -2.24. The molecule has 0 aliphatic carbocycles. The van der Waals surface area contributed by atoms with Crippen molar-refractivity contribution in [3.8, 4) is 5.82 Å². The molecule has 18 heavy (non-hydrogen) atoms. The molecule has 1 N–H and O–H groups in total. The number of carboxylic acid groups (broad SMARTS) is 1. The fourth-order valence-corrected chi connectivity index (χ4v) is 1.67. The second-order valence-corrected chi connectivity index (χ2v) is 4.01. The lowest BCUT2D eigenvalue weighted by molar-refractivity contribution is 0.0691. The minimum absolute atomic E-state index is 0.0939. The van der Waals surface area contributed by atoms with Crippen LogP contribution in [0.2, 0.25) is 0 Å². The molecular weight excluding hydrogens is 237 g/mol. The lowest BCUT2D eigenvalue weighted by Crippen LogP contribution is -2.10. The highest BCUT2D eigenvalue weighted by Gasteiger charge is 2.19. The molecule has 94 valence electrons. The first-order valence-electron chi connectivity index (χ1n) is 5.34. The van der Waals surface area contributed by atoms with E-state index in [1.165, 1.54) is 10.9 Å². The molecule has 0 radical (unpaired) electrons. The van der Waals surface area contributed by atoms with Gasteiger partial charge in [-0.15, -0.1) is 0 Å². The lowest BCUT2D eigenvalue weighted by Gasteiger charge is -2.06. The highest BCUT2D eigenvalue weighted by atomic mass is 19.1. The normalized spacial score (nSPS) is 10.7. The fourth-order valence-electron chi connectivity index (χ4n) is 1.67. The lowest BCUT2D eigenvalue weighted by atomic mass is 10.2. The number of nitrogens with zero attached hydrogens (tertiary/aromatic N) is 3. The zero-order valence-corrected chi connectivity index (χ0v) is 10.2. The van der Waals surface area contributed by atoms with Gasteiger partial charge in [0.05, 0.1) is 5.69 Å². The second-order valence-electron chi connectivity index (χ2n) is 4.01. The van der Waals surface area contributed by atoms with Crippen molar-refractivity contribution in [2.24, 2.45) is 0 Å². The standard InChI is InChI=1S/C12H12FN3O2/c1-6-7(2)15-16(8(6)3)11-10(13)9(12(17)18)4-5-14-11/h4-5H,1-3H3,(H,17,18). The molecular formula is C12H12FN3O2. The van der Waals surface area contributed by atoms with Gasteiger partial charge in [0.2, 0.25) is 0 Å². The smallest absolute Gasteiger partial charge is 0.338 e. The number of aromatic nitrogens is 3. The maximum atomic E-state index is 14.0. The van der Waals surface area contributed by atoms with Gasteiger partial charge in [-0.3, -0.25) is 0 Å². The van der Waals surface area contributed by atoms with Gasteiger partial charge < -0.3 is 5.11 Å². The van der Waals surface area contributed by atoms with Crippen molar-refractivity contribution in [2.45, 2.75) is 20.8 Å². The van der Waals surface area contributed by atoms with E-state index in [-0.39, 0.29) is 5.82 Å². The molecule has 0 amide bonds. The van der Waals surface area contributed by atoms with Crippen LogP contribution in [-0.4, -0.2) is 25.8 Å². The van der Waals surface area contributed by atoms with E-state index in [0.29, 0.717) is 0 Å². The maximum Gasteiger partial charge on any atom is 0.338 e. The Morgan fingerprint density at radius 1 is 1.39 bits per heavy atom. The Morgan fingerprint density at radius 2 is 2.06 bits per heavy atom. The zero-order chi connectivity index (χ0) is 13.4. The molecule has 0 fully saturated rings. The Kier molecular flexibility index (Phi) is 2.86. The van der Waals surface area contributed by atoms with Gasteiger partial charge in [-0.2, -0.15) is 5.10 Å². The van der Waals surface area contributed by atoms with Gasteiger partial charge in [-0.25, -0.2) is 18.9 Å². The summed E-state index contributed by atoms with van der Waals surface area (Å²) in [5.41, 5.74) is 2.01. The molecule has 0 aliphatic heterocycles. The van der Waals surface area contributed by atoms with E-state index in [1.54, 1.807) is 13.8 Å². The molecule has 2 rings (SSSR count). The van der Waals surface area contributed by atoms with Crippen LogP contribution < -0.4 is 0 Å². The molecule has 0 saturated heterocycles. The summed E-state index contributed by atoms with van der Waals surface area (Å²) in [6.07, 6.45) is 1.26. The van der Waals surface area contributed by atoms with Crippen LogP contribution in [0.1, 0.15) is 27.3 Å². The van der Waals surface area contributed by atoms with Crippen molar-refractivity contribution in [1.29, 1.82) is 0 Å². The number of hydrogen-bond donors (Lipinski definition) is 1. The van der Waals surface area contributed by atoms with Crippen LogP contribution in [0.25, 0.3) is 5.82 Å². The van der Waals surface area contributed by atoms with E-state index in [0.717, 1.165) is 23.0 Å². The summed E-state index contributed by atoms with van der Waals surface area (Å²) in [7, 11) is 0. The zero-order valence-electron chi connectivity index (χ0n) is 10.2. The summed E-state index contributed by atoms with van der Waals surface area (Å²) in [6, 6.07) is 1.12. The average molecular weight is 249 g/mol. The second kappa shape index (κ2) is 4.21.